The van der Waals surface area contributed by atoms with Gasteiger partial charge < -0.3 is 10.6 Å². The fourth-order valence-corrected chi connectivity index (χ4v) is 0.624. The summed E-state index contributed by atoms with van der Waals surface area (Å²) in [7, 11) is 1.99. The molecule has 0 fully saturated rings. The molecule has 62 valence electrons. The summed E-state index contributed by atoms with van der Waals surface area (Å²) in [5, 5.41) is 6.60. The topological polar surface area (TPSA) is 24.1 Å². The average Bonchev–Trinajstić information content (AvgIpc) is 1.99. The van der Waals surface area contributed by atoms with Crippen LogP contribution in [0.15, 0.2) is 0 Å². The third-order valence-corrected chi connectivity index (χ3v) is 1.88. The lowest BCUT2D eigenvalue weighted by Crippen LogP contribution is -2.37. The van der Waals surface area contributed by atoms with Gasteiger partial charge in [-0.25, -0.2) is 0 Å². The van der Waals surface area contributed by atoms with Gasteiger partial charge in [-0.3, -0.25) is 0 Å². The molecular weight excluding hydrogens is 124 g/mol. The molecule has 10 heavy (non-hydrogen) atoms. The van der Waals surface area contributed by atoms with Crippen molar-refractivity contribution in [2.45, 2.75) is 39.3 Å². The number of hydrogen-bond donors (Lipinski definition) is 2. The zero-order valence-corrected chi connectivity index (χ0v) is 7.57. The van der Waals surface area contributed by atoms with E-state index in [9.17, 15) is 0 Å². The van der Waals surface area contributed by atoms with Crippen LogP contribution in [-0.4, -0.2) is 25.7 Å². The van der Waals surface area contributed by atoms with E-state index in [1.807, 2.05) is 7.05 Å². The molecule has 0 spiro atoms. The number of nitrogens with one attached hydrogen (secondary N) is 2. The van der Waals surface area contributed by atoms with Crippen molar-refractivity contribution < 1.29 is 0 Å². The molecule has 2 atom stereocenters. The Labute approximate surface area is 64.4 Å². The van der Waals surface area contributed by atoms with Gasteiger partial charge in [0.05, 0.1) is 0 Å². The first-order valence-electron chi connectivity index (χ1n) is 4.11. The van der Waals surface area contributed by atoms with E-state index in [1.54, 1.807) is 0 Å². The van der Waals surface area contributed by atoms with Gasteiger partial charge in [-0.05, 0) is 27.3 Å². The van der Waals surface area contributed by atoms with Crippen LogP contribution in [0.3, 0.4) is 0 Å². The molecule has 0 saturated carbocycles. The molecular formula is C8H20N2. The minimum absolute atomic E-state index is 0.578. The molecule has 0 radical (unpaired) electrons. The second kappa shape index (κ2) is 5.69. The summed E-state index contributed by atoms with van der Waals surface area (Å²) >= 11 is 0. The molecule has 2 heteroatoms. The Hall–Kier alpha value is -0.0800. The van der Waals surface area contributed by atoms with Crippen molar-refractivity contribution in [3.05, 3.63) is 0 Å². The van der Waals surface area contributed by atoms with Gasteiger partial charge in [0.15, 0.2) is 0 Å². The molecule has 2 N–H and O–H groups in total. The highest BCUT2D eigenvalue weighted by Gasteiger charge is 1.99. The predicted molar refractivity (Wildman–Crippen MR) is 46.3 cm³/mol. The Morgan fingerprint density at radius 1 is 1.20 bits per heavy atom. The highest BCUT2D eigenvalue weighted by atomic mass is 15.0. The van der Waals surface area contributed by atoms with Crippen LogP contribution >= 0.6 is 0 Å². The fourth-order valence-electron chi connectivity index (χ4n) is 0.624. The number of rotatable bonds is 5. The van der Waals surface area contributed by atoms with Gasteiger partial charge in [0.25, 0.3) is 0 Å². The van der Waals surface area contributed by atoms with Gasteiger partial charge in [0.1, 0.15) is 0 Å². The Morgan fingerprint density at radius 2 is 1.80 bits per heavy atom. The first-order valence-corrected chi connectivity index (χ1v) is 4.11. The van der Waals surface area contributed by atoms with Gasteiger partial charge in [0, 0.05) is 18.6 Å². The third-order valence-electron chi connectivity index (χ3n) is 1.88. The summed E-state index contributed by atoms with van der Waals surface area (Å²) in [6.45, 7) is 7.64. The second-order valence-corrected chi connectivity index (χ2v) is 2.91. The monoisotopic (exact) mass is 144 g/mol. The first kappa shape index (κ1) is 9.92. The van der Waals surface area contributed by atoms with Crippen molar-refractivity contribution in [3.63, 3.8) is 0 Å². The normalized spacial score (nSPS) is 16.8. The Bertz CT molecular complexity index is 63.7. The van der Waals surface area contributed by atoms with Crippen LogP contribution in [0, 0.1) is 0 Å². The van der Waals surface area contributed by atoms with Gasteiger partial charge in [-0.15, -0.1) is 0 Å². The second-order valence-electron chi connectivity index (χ2n) is 2.91. The van der Waals surface area contributed by atoms with Crippen LogP contribution in [0.25, 0.3) is 0 Å². The Balaban J connectivity index is 3.17. The quantitative estimate of drug-likeness (QED) is 0.601. The molecule has 0 rings (SSSR count). The van der Waals surface area contributed by atoms with Crippen molar-refractivity contribution in [3.8, 4) is 0 Å². The third kappa shape index (κ3) is 4.77. The highest BCUT2D eigenvalue weighted by molar-refractivity contribution is 4.64. The Morgan fingerprint density at radius 3 is 2.20 bits per heavy atom. The Kier molecular flexibility index (Phi) is 5.64. The van der Waals surface area contributed by atoms with E-state index in [0.717, 1.165) is 6.54 Å². The largest absolute Gasteiger partial charge is 0.316 e. The zero-order valence-electron chi connectivity index (χ0n) is 7.57. The molecule has 0 heterocycles. The van der Waals surface area contributed by atoms with E-state index in [0.29, 0.717) is 12.1 Å². The van der Waals surface area contributed by atoms with Gasteiger partial charge >= 0.3 is 0 Å². The standard InChI is InChI=1S/C8H20N2/c1-5-7(2)10-6-8(3)9-4/h7-10H,5-6H2,1-4H3/t7?,8-/m0/s1. The van der Waals surface area contributed by atoms with Crippen molar-refractivity contribution in [1.29, 1.82) is 0 Å². The minimum Gasteiger partial charge on any atom is -0.316 e. The summed E-state index contributed by atoms with van der Waals surface area (Å²) in [6.07, 6.45) is 1.20. The molecule has 0 aliphatic carbocycles. The molecule has 2 nitrogen and oxygen atoms in total. The minimum atomic E-state index is 0.578. The molecule has 1 unspecified atom stereocenters. The van der Waals surface area contributed by atoms with Gasteiger partial charge in [0.2, 0.25) is 0 Å². The molecule has 0 aromatic heterocycles. The maximum atomic E-state index is 3.42. The molecule has 0 aromatic carbocycles. The molecule has 0 aliphatic rings. The van der Waals surface area contributed by atoms with Gasteiger partial charge in [-0.1, -0.05) is 6.92 Å². The maximum Gasteiger partial charge on any atom is 0.0161 e. The SMILES string of the molecule is CCC(C)NC[C@H](C)NC. The van der Waals surface area contributed by atoms with Crippen LogP contribution in [0.5, 0.6) is 0 Å². The molecule has 0 amide bonds. The fraction of sp³-hybridized carbons (Fsp3) is 1.00. The van der Waals surface area contributed by atoms with Gasteiger partial charge in [-0.2, -0.15) is 0 Å². The summed E-state index contributed by atoms with van der Waals surface area (Å²) in [6, 6.07) is 1.23. The average molecular weight is 144 g/mol. The lowest BCUT2D eigenvalue weighted by molar-refractivity contribution is 0.475. The number of likely N-dealkylation sites (N-methyl/N-ethyl adjacent to an activating group) is 1. The predicted octanol–water partition coefficient (Wildman–Crippen LogP) is 0.982. The highest BCUT2D eigenvalue weighted by Crippen LogP contribution is 1.87. The molecule has 0 saturated heterocycles. The number of hydrogen-bond acceptors (Lipinski definition) is 2. The van der Waals surface area contributed by atoms with Crippen LogP contribution in [0.1, 0.15) is 27.2 Å². The lowest BCUT2D eigenvalue weighted by atomic mass is 10.2. The van der Waals surface area contributed by atoms with E-state index in [1.165, 1.54) is 6.42 Å². The van der Waals surface area contributed by atoms with Crippen LogP contribution in [0.4, 0.5) is 0 Å². The smallest absolute Gasteiger partial charge is 0.0161 e. The lowest BCUT2D eigenvalue weighted by Gasteiger charge is -2.15. The van der Waals surface area contributed by atoms with E-state index in [-0.39, 0.29) is 0 Å². The summed E-state index contributed by atoms with van der Waals surface area (Å²) in [5.74, 6) is 0. The maximum absolute atomic E-state index is 3.42. The first-order chi connectivity index (χ1) is 4.70. The van der Waals surface area contributed by atoms with E-state index in [4.69, 9.17) is 0 Å². The zero-order chi connectivity index (χ0) is 7.98. The van der Waals surface area contributed by atoms with E-state index in [2.05, 4.69) is 31.4 Å². The molecule has 0 bridgehead atoms. The van der Waals surface area contributed by atoms with Crippen molar-refractivity contribution in [2.75, 3.05) is 13.6 Å². The van der Waals surface area contributed by atoms with Crippen molar-refractivity contribution >= 4 is 0 Å². The van der Waals surface area contributed by atoms with Crippen molar-refractivity contribution in [2.24, 2.45) is 0 Å². The van der Waals surface area contributed by atoms with Crippen molar-refractivity contribution in [1.82, 2.24) is 10.6 Å². The molecule has 0 aromatic rings. The van der Waals surface area contributed by atoms with Crippen LogP contribution < -0.4 is 10.6 Å². The van der Waals surface area contributed by atoms with Crippen LogP contribution in [-0.2, 0) is 0 Å². The van der Waals surface area contributed by atoms with E-state index < -0.39 is 0 Å². The molecule has 0 aliphatic heterocycles. The summed E-state index contributed by atoms with van der Waals surface area (Å²) in [5.41, 5.74) is 0. The summed E-state index contributed by atoms with van der Waals surface area (Å²) in [4.78, 5) is 0. The van der Waals surface area contributed by atoms with E-state index >= 15 is 0 Å². The van der Waals surface area contributed by atoms with Crippen LogP contribution in [0.2, 0.25) is 0 Å². The summed E-state index contributed by atoms with van der Waals surface area (Å²) < 4.78 is 0.